The van der Waals surface area contributed by atoms with Crippen LogP contribution in [0.2, 0.25) is 0 Å². The van der Waals surface area contributed by atoms with E-state index in [1.807, 2.05) is 0 Å². The maximum atomic E-state index is 13.9. The summed E-state index contributed by atoms with van der Waals surface area (Å²) in [5.74, 6) is -0.912. The van der Waals surface area contributed by atoms with Gasteiger partial charge in [0.15, 0.2) is 0 Å². The van der Waals surface area contributed by atoms with Crippen molar-refractivity contribution < 1.29 is 14.0 Å². The summed E-state index contributed by atoms with van der Waals surface area (Å²) >= 11 is 0. The number of aromatic nitrogens is 1. The molecule has 3 rings (SSSR count). The van der Waals surface area contributed by atoms with Gasteiger partial charge in [0.2, 0.25) is 5.91 Å². The van der Waals surface area contributed by atoms with Gasteiger partial charge in [-0.3, -0.25) is 9.59 Å². The summed E-state index contributed by atoms with van der Waals surface area (Å²) in [5.41, 5.74) is 2.12. The van der Waals surface area contributed by atoms with E-state index in [9.17, 15) is 14.0 Å². The van der Waals surface area contributed by atoms with Crippen LogP contribution in [0.3, 0.4) is 0 Å². The molecular formula is C18H16FN3O2. The molecule has 0 aliphatic carbocycles. The molecule has 0 bridgehead atoms. The quantitative estimate of drug-likeness (QED) is 0.774. The van der Waals surface area contributed by atoms with Crippen molar-refractivity contribution in [2.75, 3.05) is 10.6 Å². The predicted molar refractivity (Wildman–Crippen MR) is 91.6 cm³/mol. The van der Waals surface area contributed by atoms with E-state index in [2.05, 4.69) is 10.6 Å². The van der Waals surface area contributed by atoms with Crippen LogP contribution in [0, 0.1) is 5.82 Å². The number of hydrogen-bond acceptors (Lipinski definition) is 2. The van der Waals surface area contributed by atoms with Gasteiger partial charge in [0.05, 0.1) is 5.52 Å². The third-order valence-corrected chi connectivity index (χ3v) is 3.71. The largest absolute Gasteiger partial charge is 0.340 e. The standard InChI is InChI=1S/C18H16FN3O2/c1-11(23)20-12-5-3-6-13(9-12)21-18(24)17-10-14-15(19)7-4-8-16(14)22(17)2/h3-10H,1-2H3,(H,20,23)(H,21,24). The Morgan fingerprint density at radius 3 is 2.33 bits per heavy atom. The number of halogens is 1. The third-order valence-electron chi connectivity index (χ3n) is 3.71. The molecular weight excluding hydrogens is 309 g/mol. The van der Waals surface area contributed by atoms with Gasteiger partial charge in [-0.15, -0.1) is 0 Å². The zero-order valence-corrected chi connectivity index (χ0v) is 13.3. The van der Waals surface area contributed by atoms with Gasteiger partial charge in [-0.1, -0.05) is 12.1 Å². The fraction of sp³-hybridized carbons (Fsp3) is 0.111. The van der Waals surface area contributed by atoms with Gasteiger partial charge < -0.3 is 15.2 Å². The second kappa shape index (κ2) is 6.16. The maximum absolute atomic E-state index is 13.9. The van der Waals surface area contributed by atoms with Gasteiger partial charge in [0, 0.05) is 30.7 Å². The molecule has 0 aliphatic heterocycles. The Balaban J connectivity index is 1.89. The van der Waals surface area contributed by atoms with Crippen LogP contribution < -0.4 is 10.6 Å². The number of fused-ring (bicyclic) bond motifs is 1. The smallest absolute Gasteiger partial charge is 0.272 e. The molecule has 0 fully saturated rings. The van der Waals surface area contributed by atoms with Crippen molar-refractivity contribution in [3.05, 3.63) is 60.0 Å². The first-order valence-electron chi connectivity index (χ1n) is 7.38. The van der Waals surface area contributed by atoms with Gasteiger partial charge in [0.1, 0.15) is 11.5 Å². The zero-order valence-electron chi connectivity index (χ0n) is 13.3. The molecule has 6 heteroatoms. The normalized spacial score (nSPS) is 10.6. The number of anilines is 2. The highest BCUT2D eigenvalue weighted by Crippen LogP contribution is 2.23. The Morgan fingerprint density at radius 1 is 1.00 bits per heavy atom. The number of rotatable bonds is 3. The van der Waals surface area contributed by atoms with Crippen LogP contribution in [0.5, 0.6) is 0 Å². The molecule has 2 N–H and O–H groups in total. The topological polar surface area (TPSA) is 63.1 Å². The van der Waals surface area contributed by atoms with E-state index in [4.69, 9.17) is 0 Å². The first kappa shape index (κ1) is 15.7. The summed E-state index contributed by atoms with van der Waals surface area (Å²) < 4.78 is 15.5. The van der Waals surface area contributed by atoms with E-state index < -0.39 is 0 Å². The molecule has 5 nitrogen and oxygen atoms in total. The summed E-state index contributed by atoms with van der Waals surface area (Å²) in [5, 5.41) is 5.81. The summed E-state index contributed by atoms with van der Waals surface area (Å²) in [4.78, 5) is 23.6. The van der Waals surface area contributed by atoms with E-state index in [1.165, 1.54) is 19.1 Å². The third kappa shape index (κ3) is 2.99. The fourth-order valence-corrected chi connectivity index (χ4v) is 2.62. The fourth-order valence-electron chi connectivity index (χ4n) is 2.62. The molecule has 3 aromatic rings. The average molecular weight is 325 g/mol. The minimum atomic E-state index is -0.366. The van der Waals surface area contributed by atoms with Crippen LogP contribution in [-0.4, -0.2) is 16.4 Å². The van der Waals surface area contributed by atoms with Crippen molar-refractivity contribution in [2.45, 2.75) is 6.92 Å². The Hall–Kier alpha value is -3.15. The molecule has 2 aromatic carbocycles. The minimum absolute atomic E-state index is 0.192. The molecule has 0 unspecified atom stereocenters. The van der Waals surface area contributed by atoms with E-state index in [0.29, 0.717) is 28.0 Å². The van der Waals surface area contributed by atoms with Crippen LogP contribution in [0.1, 0.15) is 17.4 Å². The van der Waals surface area contributed by atoms with Crippen LogP contribution in [0.25, 0.3) is 10.9 Å². The van der Waals surface area contributed by atoms with Crippen molar-refractivity contribution in [1.82, 2.24) is 4.57 Å². The molecule has 0 atom stereocenters. The van der Waals surface area contributed by atoms with Crippen LogP contribution in [0.15, 0.2) is 48.5 Å². The van der Waals surface area contributed by atoms with Crippen LogP contribution in [0.4, 0.5) is 15.8 Å². The lowest BCUT2D eigenvalue weighted by molar-refractivity contribution is -0.114. The molecule has 0 aliphatic rings. The number of aryl methyl sites for hydroxylation is 1. The van der Waals surface area contributed by atoms with E-state index in [-0.39, 0.29) is 17.6 Å². The molecule has 0 radical (unpaired) electrons. The molecule has 2 amide bonds. The Labute approximate surface area is 138 Å². The highest BCUT2D eigenvalue weighted by Gasteiger charge is 2.15. The number of carbonyl (C=O) groups is 2. The minimum Gasteiger partial charge on any atom is -0.340 e. The molecule has 0 saturated carbocycles. The summed E-state index contributed by atoms with van der Waals surface area (Å²) in [7, 11) is 1.71. The summed E-state index contributed by atoms with van der Waals surface area (Å²) in [6.07, 6.45) is 0. The number of amides is 2. The number of nitrogens with one attached hydrogen (secondary N) is 2. The van der Waals surface area contributed by atoms with Crippen molar-refractivity contribution >= 4 is 34.1 Å². The Kier molecular flexibility index (Phi) is 4.04. The monoisotopic (exact) mass is 325 g/mol. The van der Waals surface area contributed by atoms with Gasteiger partial charge >= 0.3 is 0 Å². The average Bonchev–Trinajstić information content (AvgIpc) is 2.86. The Bertz CT molecular complexity index is 947. The molecule has 0 spiro atoms. The Morgan fingerprint density at radius 2 is 1.67 bits per heavy atom. The van der Waals surface area contributed by atoms with Gasteiger partial charge in [0.25, 0.3) is 5.91 Å². The SMILES string of the molecule is CC(=O)Nc1cccc(NC(=O)c2cc3c(F)cccc3n2C)c1. The number of nitrogens with zero attached hydrogens (tertiary/aromatic N) is 1. The number of benzene rings is 2. The maximum Gasteiger partial charge on any atom is 0.272 e. The molecule has 1 aromatic heterocycles. The van der Waals surface area contributed by atoms with Crippen LogP contribution in [-0.2, 0) is 11.8 Å². The number of carbonyl (C=O) groups excluding carboxylic acids is 2. The highest BCUT2D eigenvalue weighted by molar-refractivity contribution is 6.06. The number of hydrogen-bond donors (Lipinski definition) is 2. The first-order chi connectivity index (χ1) is 11.5. The van der Waals surface area contributed by atoms with Gasteiger partial charge in [-0.25, -0.2) is 4.39 Å². The summed E-state index contributed by atoms with van der Waals surface area (Å²) in [6.45, 7) is 1.41. The zero-order chi connectivity index (χ0) is 17.3. The van der Waals surface area contributed by atoms with Crippen molar-refractivity contribution in [1.29, 1.82) is 0 Å². The van der Waals surface area contributed by atoms with Gasteiger partial charge in [-0.2, -0.15) is 0 Å². The van der Waals surface area contributed by atoms with Crippen molar-refractivity contribution in [3.8, 4) is 0 Å². The van der Waals surface area contributed by atoms with Crippen LogP contribution >= 0.6 is 0 Å². The van der Waals surface area contributed by atoms with E-state index >= 15 is 0 Å². The lowest BCUT2D eigenvalue weighted by atomic mass is 10.2. The van der Waals surface area contributed by atoms with E-state index in [0.717, 1.165) is 0 Å². The summed E-state index contributed by atoms with van der Waals surface area (Å²) in [6, 6.07) is 13.1. The second-order valence-corrected chi connectivity index (χ2v) is 5.48. The van der Waals surface area contributed by atoms with Crippen molar-refractivity contribution in [3.63, 3.8) is 0 Å². The molecule has 122 valence electrons. The highest BCUT2D eigenvalue weighted by atomic mass is 19.1. The van der Waals surface area contributed by atoms with E-state index in [1.54, 1.807) is 48.0 Å². The van der Waals surface area contributed by atoms with Crippen molar-refractivity contribution in [2.24, 2.45) is 7.05 Å². The molecule has 24 heavy (non-hydrogen) atoms. The van der Waals surface area contributed by atoms with Gasteiger partial charge in [-0.05, 0) is 36.4 Å². The lowest BCUT2D eigenvalue weighted by Gasteiger charge is -2.08. The first-order valence-corrected chi connectivity index (χ1v) is 7.38. The predicted octanol–water partition coefficient (Wildman–Crippen LogP) is 3.53. The molecule has 1 heterocycles. The lowest BCUT2D eigenvalue weighted by Crippen LogP contribution is -2.15. The molecule has 0 saturated heterocycles. The second-order valence-electron chi connectivity index (χ2n) is 5.48.